The van der Waals surface area contributed by atoms with Crippen LogP contribution in [-0.2, 0) is 10.3 Å². The van der Waals surface area contributed by atoms with Gasteiger partial charge in [-0.2, -0.15) is 4.98 Å². The Hall–Kier alpha value is -3.04. The van der Waals surface area contributed by atoms with Crippen molar-refractivity contribution in [2.24, 2.45) is 0 Å². The summed E-state index contributed by atoms with van der Waals surface area (Å²) < 4.78 is 13.9. The highest BCUT2D eigenvalue weighted by Crippen LogP contribution is 2.44. The van der Waals surface area contributed by atoms with Crippen molar-refractivity contribution in [1.29, 1.82) is 0 Å². The summed E-state index contributed by atoms with van der Waals surface area (Å²) in [6.07, 6.45) is 2.76. The summed E-state index contributed by atoms with van der Waals surface area (Å²) in [5.74, 6) is 0.355. The number of hydrogen-bond acceptors (Lipinski definition) is 7. The van der Waals surface area contributed by atoms with Gasteiger partial charge in [0, 0.05) is 7.11 Å². The first-order chi connectivity index (χ1) is 13.5. The third-order valence-corrected chi connectivity index (χ3v) is 5.20. The van der Waals surface area contributed by atoms with Crippen LogP contribution in [0.3, 0.4) is 0 Å². The van der Waals surface area contributed by atoms with E-state index in [-0.39, 0.29) is 23.3 Å². The van der Waals surface area contributed by atoms with Crippen molar-refractivity contribution in [3.05, 3.63) is 46.8 Å². The van der Waals surface area contributed by atoms with Crippen molar-refractivity contribution < 1.29 is 14.4 Å². The molecule has 0 aliphatic heterocycles. The summed E-state index contributed by atoms with van der Waals surface area (Å²) in [5, 5.41) is 14.1. The summed E-state index contributed by atoms with van der Waals surface area (Å²) in [6, 6.07) is 7.45. The number of benzene rings is 1. The van der Waals surface area contributed by atoms with E-state index in [1.54, 1.807) is 22.4 Å². The Morgan fingerprint density at radius 3 is 2.79 bits per heavy atom. The smallest absolute Gasteiger partial charge is 0.278 e. The SMILES string of the molecule is COCC(C)n1c(=O)c2c(-c3noc(C4(O)CC4)n3)ncn2c2ccccc21. The minimum atomic E-state index is -1.04. The number of aromatic nitrogens is 5. The second kappa shape index (κ2) is 5.98. The molecule has 1 aliphatic rings. The Labute approximate surface area is 159 Å². The number of fused-ring (bicyclic) bond motifs is 3. The van der Waals surface area contributed by atoms with Gasteiger partial charge in [-0.1, -0.05) is 17.3 Å². The zero-order valence-corrected chi connectivity index (χ0v) is 15.5. The third kappa shape index (κ3) is 2.40. The van der Waals surface area contributed by atoms with Crippen LogP contribution in [0.25, 0.3) is 28.1 Å². The lowest BCUT2D eigenvalue weighted by Gasteiger charge is -2.18. The maximum Gasteiger partial charge on any atom is 0.278 e. The van der Waals surface area contributed by atoms with E-state index in [1.807, 2.05) is 31.2 Å². The summed E-state index contributed by atoms with van der Waals surface area (Å²) in [7, 11) is 1.61. The number of rotatable bonds is 5. The average Bonchev–Trinajstić information content (AvgIpc) is 3.12. The molecule has 0 spiro atoms. The number of para-hydroxylation sites is 2. The molecule has 0 amide bonds. The average molecular weight is 381 g/mol. The fraction of sp³-hybridized carbons (Fsp3) is 0.368. The number of ether oxygens (including phenoxy) is 1. The van der Waals surface area contributed by atoms with Crippen LogP contribution < -0.4 is 5.56 Å². The van der Waals surface area contributed by atoms with Gasteiger partial charge in [-0.25, -0.2) is 4.98 Å². The summed E-state index contributed by atoms with van der Waals surface area (Å²) in [6.45, 7) is 2.32. The molecule has 1 saturated carbocycles. The third-order valence-electron chi connectivity index (χ3n) is 5.20. The van der Waals surface area contributed by atoms with Crippen molar-refractivity contribution >= 4 is 16.6 Å². The minimum absolute atomic E-state index is 0.164. The Morgan fingerprint density at radius 1 is 1.32 bits per heavy atom. The van der Waals surface area contributed by atoms with E-state index in [9.17, 15) is 9.90 Å². The molecule has 3 aromatic heterocycles. The molecule has 3 heterocycles. The molecule has 1 aromatic carbocycles. The van der Waals surface area contributed by atoms with E-state index < -0.39 is 5.60 Å². The van der Waals surface area contributed by atoms with Gasteiger partial charge in [-0.05, 0) is 31.9 Å². The number of hydrogen-bond donors (Lipinski definition) is 1. The molecular formula is C19H19N5O4. The number of imidazole rings is 1. The van der Waals surface area contributed by atoms with Gasteiger partial charge in [0.25, 0.3) is 11.4 Å². The van der Waals surface area contributed by atoms with Crippen LogP contribution in [-0.4, -0.2) is 42.9 Å². The lowest BCUT2D eigenvalue weighted by Crippen LogP contribution is -2.28. The highest BCUT2D eigenvalue weighted by molar-refractivity contribution is 5.83. The summed E-state index contributed by atoms with van der Waals surface area (Å²) >= 11 is 0. The van der Waals surface area contributed by atoms with Crippen LogP contribution in [0.2, 0.25) is 0 Å². The maximum absolute atomic E-state index is 13.4. The minimum Gasteiger partial charge on any atom is -0.383 e. The Bertz CT molecular complexity index is 1250. The second-order valence-corrected chi connectivity index (χ2v) is 7.23. The first-order valence-corrected chi connectivity index (χ1v) is 9.09. The molecule has 9 heteroatoms. The van der Waals surface area contributed by atoms with Gasteiger partial charge in [-0.3, -0.25) is 13.8 Å². The molecule has 0 saturated heterocycles. The first-order valence-electron chi connectivity index (χ1n) is 9.09. The van der Waals surface area contributed by atoms with E-state index in [0.717, 1.165) is 11.0 Å². The van der Waals surface area contributed by atoms with Crippen LogP contribution in [0.1, 0.15) is 31.7 Å². The Balaban J connectivity index is 1.79. The fourth-order valence-electron chi connectivity index (χ4n) is 3.59. The zero-order chi connectivity index (χ0) is 19.5. The van der Waals surface area contributed by atoms with Gasteiger partial charge >= 0.3 is 0 Å². The van der Waals surface area contributed by atoms with Crippen LogP contribution >= 0.6 is 0 Å². The molecule has 144 valence electrons. The molecule has 4 aromatic rings. The van der Waals surface area contributed by atoms with Crippen LogP contribution in [0.5, 0.6) is 0 Å². The van der Waals surface area contributed by atoms with E-state index in [1.165, 1.54) is 0 Å². The Kier molecular flexibility index (Phi) is 3.65. The van der Waals surface area contributed by atoms with Gasteiger partial charge in [0.15, 0.2) is 0 Å². The first kappa shape index (κ1) is 17.1. The van der Waals surface area contributed by atoms with Crippen molar-refractivity contribution in [2.75, 3.05) is 13.7 Å². The molecule has 1 fully saturated rings. The molecule has 1 atom stereocenters. The molecule has 28 heavy (non-hydrogen) atoms. The second-order valence-electron chi connectivity index (χ2n) is 7.23. The predicted molar refractivity (Wildman–Crippen MR) is 100.0 cm³/mol. The van der Waals surface area contributed by atoms with E-state index >= 15 is 0 Å². The van der Waals surface area contributed by atoms with Gasteiger partial charge in [0.05, 0.1) is 23.7 Å². The quantitative estimate of drug-likeness (QED) is 0.562. The molecule has 9 nitrogen and oxygen atoms in total. The molecule has 0 radical (unpaired) electrons. The maximum atomic E-state index is 13.4. The molecule has 0 bridgehead atoms. The van der Waals surface area contributed by atoms with Gasteiger partial charge in [0.2, 0.25) is 5.82 Å². The summed E-state index contributed by atoms with van der Waals surface area (Å²) in [5.41, 5.74) is 1.05. The van der Waals surface area contributed by atoms with Gasteiger partial charge in [-0.15, -0.1) is 0 Å². The zero-order valence-electron chi connectivity index (χ0n) is 15.5. The van der Waals surface area contributed by atoms with Crippen molar-refractivity contribution in [3.63, 3.8) is 0 Å². The van der Waals surface area contributed by atoms with E-state index in [0.29, 0.717) is 30.7 Å². The van der Waals surface area contributed by atoms with Crippen molar-refractivity contribution in [2.45, 2.75) is 31.4 Å². The normalized spacial score (nSPS) is 16.7. The summed E-state index contributed by atoms with van der Waals surface area (Å²) in [4.78, 5) is 22.1. The van der Waals surface area contributed by atoms with Crippen molar-refractivity contribution in [3.8, 4) is 11.5 Å². The number of aliphatic hydroxyl groups is 1. The van der Waals surface area contributed by atoms with Crippen LogP contribution in [0.15, 0.2) is 39.9 Å². The van der Waals surface area contributed by atoms with E-state index in [4.69, 9.17) is 9.26 Å². The lowest BCUT2D eigenvalue weighted by molar-refractivity contribution is 0.108. The topological polar surface area (TPSA) is 108 Å². The Morgan fingerprint density at radius 2 is 2.07 bits per heavy atom. The van der Waals surface area contributed by atoms with Crippen LogP contribution in [0.4, 0.5) is 0 Å². The van der Waals surface area contributed by atoms with Crippen molar-refractivity contribution in [1.82, 2.24) is 24.1 Å². The molecule has 1 unspecified atom stereocenters. The monoisotopic (exact) mass is 381 g/mol. The fourth-order valence-corrected chi connectivity index (χ4v) is 3.59. The predicted octanol–water partition coefficient (Wildman–Crippen LogP) is 1.89. The van der Waals surface area contributed by atoms with Crippen LogP contribution in [0, 0.1) is 0 Å². The molecule has 1 N–H and O–H groups in total. The molecular weight excluding hydrogens is 362 g/mol. The standard InChI is InChI=1S/C19H19N5O4/c1-11(9-27-2)24-13-6-4-3-5-12(13)23-10-20-14(15(23)17(24)25)16-21-18(28-22-16)19(26)7-8-19/h3-6,10-11,26H,7-9H2,1-2H3. The largest absolute Gasteiger partial charge is 0.383 e. The van der Waals surface area contributed by atoms with Gasteiger partial charge < -0.3 is 14.4 Å². The lowest BCUT2D eigenvalue weighted by atomic mass is 10.2. The highest BCUT2D eigenvalue weighted by atomic mass is 16.5. The number of methoxy groups -OCH3 is 1. The van der Waals surface area contributed by atoms with E-state index in [2.05, 4.69) is 15.1 Å². The molecule has 5 rings (SSSR count). The highest BCUT2D eigenvalue weighted by Gasteiger charge is 2.48. The van der Waals surface area contributed by atoms with Gasteiger partial charge in [0.1, 0.15) is 23.1 Å². The molecule has 1 aliphatic carbocycles. The number of nitrogens with zero attached hydrogens (tertiary/aromatic N) is 5.